The molecule has 0 spiro atoms. The standard InChI is InChI=1S/C9H10ClNO2.ClH/c1-5-2-3-6(4-7(5)10)8(11)9(12)13;/h2-4,8H,11H2,1H3,(H,12,13);1H. The van der Waals surface area contributed by atoms with Crippen molar-refractivity contribution in [3.8, 4) is 0 Å². The number of benzene rings is 1. The minimum atomic E-state index is -1.06. The first-order chi connectivity index (χ1) is 6.02. The van der Waals surface area contributed by atoms with Crippen molar-refractivity contribution in [2.24, 2.45) is 5.73 Å². The molecular formula is C9H11Cl2NO2. The van der Waals surface area contributed by atoms with E-state index in [0.29, 0.717) is 10.6 Å². The number of nitrogens with two attached hydrogens (primary N) is 1. The molecule has 1 atom stereocenters. The molecule has 3 nitrogen and oxygen atoms in total. The van der Waals surface area contributed by atoms with E-state index in [4.69, 9.17) is 22.4 Å². The lowest BCUT2D eigenvalue weighted by molar-refractivity contribution is -0.138. The van der Waals surface area contributed by atoms with E-state index in [2.05, 4.69) is 0 Å². The number of rotatable bonds is 2. The Morgan fingerprint density at radius 3 is 2.57 bits per heavy atom. The number of halogens is 2. The van der Waals surface area contributed by atoms with E-state index >= 15 is 0 Å². The van der Waals surface area contributed by atoms with E-state index in [1.807, 2.05) is 6.92 Å². The highest BCUT2D eigenvalue weighted by atomic mass is 35.5. The van der Waals surface area contributed by atoms with Crippen LogP contribution in [0.2, 0.25) is 5.02 Å². The highest BCUT2D eigenvalue weighted by Crippen LogP contribution is 2.20. The molecule has 3 N–H and O–H groups in total. The number of carbonyl (C=O) groups is 1. The fraction of sp³-hybridized carbons (Fsp3) is 0.222. The summed E-state index contributed by atoms with van der Waals surface area (Å²) in [4.78, 5) is 10.5. The summed E-state index contributed by atoms with van der Waals surface area (Å²) < 4.78 is 0. The van der Waals surface area contributed by atoms with Crippen molar-refractivity contribution >= 4 is 30.0 Å². The molecule has 0 saturated heterocycles. The van der Waals surface area contributed by atoms with Gasteiger partial charge in [0.25, 0.3) is 0 Å². The highest BCUT2D eigenvalue weighted by molar-refractivity contribution is 6.31. The molecule has 14 heavy (non-hydrogen) atoms. The van der Waals surface area contributed by atoms with Crippen LogP contribution in [-0.4, -0.2) is 11.1 Å². The van der Waals surface area contributed by atoms with Crippen molar-refractivity contribution in [1.82, 2.24) is 0 Å². The Morgan fingerprint density at radius 2 is 2.14 bits per heavy atom. The van der Waals surface area contributed by atoms with Crippen LogP contribution in [0.1, 0.15) is 17.2 Å². The van der Waals surface area contributed by atoms with E-state index < -0.39 is 12.0 Å². The molecule has 1 unspecified atom stereocenters. The zero-order chi connectivity index (χ0) is 10.0. The van der Waals surface area contributed by atoms with Gasteiger partial charge in [-0.15, -0.1) is 12.4 Å². The second-order valence-electron chi connectivity index (χ2n) is 2.82. The van der Waals surface area contributed by atoms with E-state index in [-0.39, 0.29) is 12.4 Å². The maximum Gasteiger partial charge on any atom is 0.325 e. The Hall–Kier alpha value is -0.770. The van der Waals surface area contributed by atoms with Crippen molar-refractivity contribution in [3.63, 3.8) is 0 Å². The van der Waals surface area contributed by atoms with Crippen LogP contribution in [0, 0.1) is 6.92 Å². The van der Waals surface area contributed by atoms with E-state index in [0.717, 1.165) is 5.56 Å². The minimum Gasteiger partial charge on any atom is -0.480 e. The lowest BCUT2D eigenvalue weighted by Gasteiger charge is -2.07. The quantitative estimate of drug-likeness (QED) is 0.826. The van der Waals surface area contributed by atoms with Crippen LogP contribution in [0.4, 0.5) is 0 Å². The SMILES string of the molecule is Cc1ccc(C(N)C(=O)O)cc1Cl.Cl. The van der Waals surface area contributed by atoms with Gasteiger partial charge in [-0.05, 0) is 24.1 Å². The second-order valence-corrected chi connectivity index (χ2v) is 3.23. The van der Waals surface area contributed by atoms with Gasteiger partial charge in [-0.2, -0.15) is 0 Å². The third-order valence-corrected chi connectivity index (χ3v) is 2.23. The van der Waals surface area contributed by atoms with Gasteiger partial charge in [0.05, 0.1) is 0 Å². The van der Waals surface area contributed by atoms with Gasteiger partial charge in [-0.25, -0.2) is 0 Å². The number of hydrogen-bond acceptors (Lipinski definition) is 2. The third kappa shape index (κ3) is 2.87. The summed E-state index contributed by atoms with van der Waals surface area (Å²) in [5.74, 6) is -1.06. The molecule has 0 aliphatic carbocycles. The van der Waals surface area contributed by atoms with Crippen LogP contribution in [0.3, 0.4) is 0 Å². The molecule has 1 aromatic carbocycles. The molecule has 0 saturated carbocycles. The monoisotopic (exact) mass is 235 g/mol. The van der Waals surface area contributed by atoms with Gasteiger partial charge in [-0.3, -0.25) is 4.79 Å². The van der Waals surface area contributed by atoms with Crippen molar-refractivity contribution < 1.29 is 9.90 Å². The molecule has 0 fully saturated rings. The lowest BCUT2D eigenvalue weighted by Crippen LogP contribution is -2.20. The summed E-state index contributed by atoms with van der Waals surface area (Å²) >= 11 is 5.81. The first-order valence-corrected chi connectivity index (χ1v) is 4.14. The zero-order valence-electron chi connectivity index (χ0n) is 7.53. The fourth-order valence-corrected chi connectivity index (χ4v) is 1.13. The minimum absolute atomic E-state index is 0. The predicted molar refractivity (Wildman–Crippen MR) is 58.0 cm³/mol. The Balaban J connectivity index is 0.00000169. The molecule has 0 aliphatic heterocycles. The van der Waals surface area contributed by atoms with E-state index in [9.17, 15) is 4.79 Å². The maximum absolute atomic E-state index is 10.5. The fourth-order valence-electron chi connectivity index (χ4n) is 0.945. The summed E-state index contributed by atoms with van der Waals surface area (Å²) in [6.07, 6.45) is 0. The molecule has 0 heterocycles. The van der Waals surface area contributed by atoms with Crippen LogP contribution in [0.15, 0.2) is 18.2 Å². The van der Waals surface area contributed by atoms with Gasteiger partial charge < -0.3 is 10.8 Å². The van der Waals surface area contributed by atoms with Gasteiger partial charge in [0.15, 0.2) is 0 Å². The third-order valence-electron chi connectivity index (χ3n) is 1.82. The predicted octanol–water partition coefficient (Wildman–Crippen LogP) is 2.15. The summed E-state index contributed by atoms with van der Waals surface area (Å²) in [6.45, 7) is 1.85. The molecule has 1 rings (SSSR count). The van der Waals surface area contributed by atoms with Crippen molar-refractivity contribution in [2.75, 3.05) is 0 Å². The molecular weight excluding hydrogens is 225 g/mol. The smallest absolute Gasteiger partial charge is 0.325 e. The molecule has 78 valence electrons. The number of carboxylic acids is 1. The van der Waals surface area contributed by atoms with Crippen molar-refractivity contribution in [1.29, 1.82) is 0 Å². The number of aliphatic carboxylic acids is 1. The van der Waals surface area contributed by atoms with Crippen molar-refractivity contribution in [3.05, 3.63) is 34.3 Å². The van der Waals surface area contributed by atoms with Crippen LogP contribution >= 0.6 is 24.0 Å². The molecule has 0 radical (unpaired) electrons. The Bertz CT molecular complexity index is 342. The first kappa shape index (κ1) is 13.2. The molecule has 1 aromatic rings. The second kappa shape index (κ2) is 5.20. The molecule has 0 bridgehead atoms. The maximum atomic E-state index is 10.5. The van der Waals surface area contributed by atoms with Gasteiger partial charge in [0.1, 0.15) is 6.04 Å². The van der Waals surface area contributed by atoms with E-state index in [1.165, 1.54) is 0 Å². The van der Waals surface area contributed by atoms with E-state index in [1.54, 1.807) is 18.2 Å². The summed E-state index contributed by atoms with van der Waals surface area (Å²) in [5, 5.41) is 9.16. The Kier molecular flexibility index (Phi) is 4.91. The zero-order valence-corrected chi connectivity index (χ0v) is 9.10. The van der Waals surface area contributed by atoms with Crippen LogP contribution in [-0.2, 0) is 4.79 Å². The summed E-state index contributed by atoms with van der Waals surface area (Å²) in [6, 6.07) is 3.99. The number of carboxylic acid groups (broad SMARTS) is 1. The Labute approximate surface area is 93.3 Å². The van der Waals surface area contributed by atoms with Gasteiger partial charge in [0, 0.05) is 5.02 Å². The molecule has 0 aromatic heterocycles. The van der Waals surface area contributed by atoms with Crippen LogP contribution in [0.25, 0.3) is 0 Å². The highest BCUT2D eigenvalue weighted by Gasteiger charge is 2.14. The topological polar surface area (TPSA) is 63.3 Å². The Morgan fingerprint density at radius 1 is 1.57 bits per heavy atom. The summed E-state index contributed by atoms with van der Waals surface area (Å²) in [7, 11) is 0. The van der Waals surface area contributed by atoms with Crippen molar-refractivity contribution in [2.45, 2.75) is 13.0 Å². The lowest BCUT2D eigenvalue weighted by atomic mass is 10.1. The summed E-state index contributed by atoms with van der Waals surface area (Å²) in [5.41, 5.74) is 6.82. The van der Waals surface area contributed by atoms with Gasteiger partial charge in [-0.1, -0.05) is 23.7 Å². The average molecular weight is 236 g/mol. The van der Waals surface area contributed by atoms with Gasteiger partial charge >= 0.3 is 5.97 Å². The molecule has 0 amide bonds. The van der Waals surface area contributed by atoms with Crippen LogP contribution in [0.5, 0.6) is 0 Å². The van der Waals surface area contributed by atoms with Gasteiger partial charge in [0.2, 0.25) is 0 Å². The first-order valence-electron chi connectivity index (χ1n) is 3.77. The van der Waals surface area contributed by atoms with Crippen LogP contribution < -0.4 is 5.73 Å². The molecule has 5 heteroatoms. The average Bonchev–Trinajstić information content (AvgIpc) is 2.08. The number of aryl methyl sites for hydroxylation is 1. The number of hydrogen-bond donors (Lipinski definition) is 2. The molecule has 0 aliphatic rings. The largest absolute Gasteiger partial charge is 0.480 e. The normalized spacial score (nSPS) is 11.6.